The van der Waals surface area contributed by atoms with E-state index in [1.165, 1.54) is 5.56 Å². The van der Waals surface area contributed by atoms with Crippen molar-refractivity contribution in [2.45, 2.75) is 12.1 Å². The second-order valence-electron chi connectivity index (χ2n) is 4.74. The fourth-order valence-electron chi connectivity index (χ4n) is 1.89. The molecule has 0 saturated carbocycles. The van der Waals surface area contributed by atoms with Crippen LogP contribution in [0.2, 0.25) is 0 Å². The normalized spacial score (nSPS) is 14.7. The van der Waals surface area contributed by atoms with E-state index in [0.29, 0.717) is 19.1 Å². The van der Waals surface area contributed by atoms with Crippen LogP contribution in [0.4, 0.5) is 0 Å². The average Bonchev–Trinajstić information content (AvgIpc) is 2.34. The Morgan fingerprint density at radius 3 is 2.50 bits per heavy atom. The van der Waals surface area contributed by atoms with Crippen LogP contribution in [0, 0.1) is 0 Å². The predicted octanol–water partition coefficient (Wildman–Crippen LogP) is 1.60. The minimum atomic E-state index is -0.326. The summed E-state index contributed by atoms with van der Waals surface area (Å²) in [6.07, 6.45) is 1.78. The van der Waals surface area contributed by atoms with Gasteiger partial charge in [0, 0.05) is 24.9 Å². The highest BCUT2D eigenvalue weighted by atomic mass is 32.2. The van der Waals surface area contributed by atoms with Gasteiger partial charge in [0.05, 0.1) is 6.10 Å². The van der Waals surface area contributed by atoms with Gasteiger partial charge in [-0.1, -0.05) is 30.3 Å². The number of benzene rings is 1. The summed E-state index contributed by atoms with van der Waals surface area (Å²) in [4.78, 5) is 2.00. The van der Waals surface area contributed by atoms with Gasteiger partial charge >= 0.3 is 0 Å². The van der Waals surface area contributed by atoms with E-state index in [-0.39, 0.29) is 6.10 Å². The maximum Gasteiger partial charge on any atom is 0.0791 e. The van der Waals surface area contributed by atoms with E-state index in [4.69, 9.17) is 0 Å². The predicted molar refractivity (Wildman–Crippen MR) is 80.1 cm³/mol. The number of nitrogens with zero attached hydrogens (tertiary/aromatic N) is 1. The average molecular weight is 268 g/mol. The Kier molecular flexibility index (Phi) is 7.35. The summed E-state index contributed by atoms with van der Waals surface area (Å²) >= 11 is 1.82. The molecular weight excluding hydrogens is 244 g/mol. The molecule has 0 spiro atoms. The lowest BCUT2D eigenvalue weighted by molar-refractivity contribution is 0.132. The molecule has 0 aliphatic rings. The smallest absolute Gasteiger partial charge is 0.0791 e. The van der Waals surface area contributed by atoms with Crippen molar-refractivity contribution >= 4 is 11.8 Å². The molecule has 0 radical (unpaired) electrons. The van der Waals surface area contributed by atoms with E-state index >= 15 is 0 Å². The first-order chi connectivity index (χ1) is 8.63. The summed E-state index contributed by atoms with van der Waals surface area (Å²) in [5.74, 6) is 1.01. The summed E-state index contributed by atoms with van der Waals surface area (Å²) in [6.45, 7) is 1.31. The van der Waals surface area contributed by atoms with Crippen LogP contribution in [0.25, 0.3) is 0 Å². The molecule has 0 amide bonds. The standard InChI is InChI=1S/C14H24N2OS/c1-16(2)10-13(17)9-15-14(11-18-3)12-7-5-4-6-8-12/h4-8,13-15,17H,9-11H2,1-3H3. The molecular formula is C14H24N2OS. The molecule has 18 heavy (non-hydrogen) atoms. The highest BCUT2D eigenvalue weighted by Crippen LogP contribution is 2.16. The highest BCUT2D eigenvalue weighted by Gasteiger charge is 2.12. The molecule has 1 rings (SSSR count). The van der Waals surface area contributed by atoms with Gasteiger partial charge in [-0.3, -0.25) is 0 Å². The number of hydrogen-bond donors (Lipinski definition) is 2. The SMILES string of the molecule is CSCC(NCC(O)CN(C)C)c1ccccc1. The molecule has 2 unspecified atom stereocenters. The molecule has 0 heterocycles. The molecule has 0 fully saturated rings. The van der Waals surface area contributed by atoms with Crippen molar-refractivity contribution in [2.75, 3.05) is 39.2 Å². The van der Waals surface area contributed by atoms with Gasteiger partial charge in [0.25, 0.3) is 0 Å². The summed E-state index contributed by atoms with van der Waals surface area (Å²) in [5.41, 5.74) is 1.28. The monoisotopic (exact) mass is 268 g/mol. The maximum atomic E-state index is 9.87. The molecule has 0 aliphatic heterocycles. The number of thioether (sulfide) groups is 1. The molecule has 1 aromatic carbocycles. The first kappa shape index (κ1) is 15.5. The molecule has 0 saturated heterocycles. The van der Waals surface area contributed by atoms with E-state index < -0.39 is 0 Å². The van der Waals surface area contributed by atoms with E-state index in [9.17, 15) is 5.11 Å². The Morgan fingerprint density at radius 2 is 1.94 bits per heavy atom. The molecule has 3 nitrogen and oxygen atoms in total. The number of hydrogen-bond acceptors (Lipinski definition) is 4. The van der Waals surface area contributed by atoms with Crippen molar-refractivity contribution < 1.29 is 5.11 Å². The van der Waals surface area contributed by atoms with Gasteiger partial charge in [-0.05, 0) is 25.9 Å². The molecule has 0 aliphatic carbocycles. The van der Waals surface area contributed by atoms with Crippen molar-refractivity contribution in [1.82, 2.24) is 10.2 Å². The number of aliphatic hydroxyl groups excluding tert-OH is 1. The Morgan fingerprint density at radius 1 is 1.28 bits per heavy atom. The van der Waals surface area contributed by atoms with Crippen molar-refractivity contribution in [3.8, 4) is 0 Å². The Labute approximate surface area is 115 Å². The van der Waals surface area contributed by atoms with Gasteiger partial charge in [0.15, 0.2) is 0 Å². The zero-order valence-corrected chi connectivity index (χ0v) is 12.3. The zero-order chi connectivity index (χ0) is 13.4. The quantitative estimate of drug-likeness (QED) is 0.751. The highest BCUT2D eigenvalue weighted by molar-refractivity contribution is 7.98. The number of likely N-dealkylation sites (N-methyl/N-ethyl adjacent to an activating group) is 1. The topological polar surface area (TPSA) is 35.5 Å². The van der Waals surface area contributed by atoms with Gasteiger partial charge in [0.2, 0.25) is 0 Å². The lowest BCUT2D eigenvalue weighted by atomic mass is 10.1. The van der Waals surface area contributed by atoms with Gasteiger partial charge < -0.3 is 15.3 Å². The summed E-state index contributed by atoms with van der Waals surface area (Å²) in [5, 5.41) is 13.3. The van der Waals surface area contributed by atoms with Crippen LogP contribution >= 0.6 is 11.8 Å². The van der Waals surface area contributed by atoms with Crippen LogP contribution in [-0.4, -0.2) is 55.3 Å². The first-order valence-electron chi connectivity index (χ1n) is 6.23. The van der Waals surface area contributed by atoms with Crippen molar-refractivity contribution in [3.05, 3.63) is 35.9 Å². The van der Waals surface area contributed by atoms with Gasteiger partial charge in [-0.25, -0.2) is 0 Å². The van der Waals surface area contributed by atoms with Gasteiger partial charge in [-0.15, -0.1) is 0 Å². The fourth-order valence-corrected chi connectivity index (χ4v) is 2.53. The molecule has 4 heteroatoms. The van der Waals surface area contributed by atoms with E-state index in [1.807, 2.05) is 36.8 Å². The molecule has 2 N–H and O–H groups in total. The summed E-state index contributed by atoms with van der Waals surface area (Å²) in [6, 6.07) is 10.7. The summed E-state index contributed by atoms with van der Waals surface area (Å²) < 4.78 is 0. The lowest BCUT2D eigenvalue weighted by Gasteiger charge is -2.22. The van der Waals surface area contributed by atoms with Crippen molar-refractivity contribution in [1.29, 1.82) is 0 Å². The number of aliphatic hydroxyl groups is 1. The van der Waals surface area contributed by atoms with Crippen LogP contribution in [0.1, 0.15) is 11.6 Å². The van der Waals surface area contributed by atoms with Crippen LogP contribution in [0.3, 0.4) is 0 Å². The largest absolute Gasteiger partial charge is 0.390 e. The summed E-state index contributed by atoms with van der Waals surface area (Å²) in [7, 11) is 3.94. The maximum absolute atomic E-state index is 9.87. The van der Waals surface area contributed by atoms with Crippen LogP contribution < -0.4 is 5.32 Å². The van der Waals surface area contributed by atoms with E-state index in [0.717, 1.165) is 5.75 Å². The number of rotatable bonds is 8. The molecule has 1 aromatic rings. The second-order valence-corrected chi connectivity index (χ2v) is 5.65. The van der Waals surface area contributed by atoms with Crippen LogP contribution in [-0.2, 0) is 0 Å². The minimum absolute atomic E-state index is 0.304. The third-order valence-corrected chi connectivity index (χ3v) is 3.38. The minimum Gasteiger partial charge on any atom is -0.390 e. The molecule has 0 aromatic heterocycles. The lowest BCUT2D eigenvalue weighted by Crippen LogP contribution is -2.37. The zero-order valence-electron chi connectivity index (χ0n) is 11.5. The Hall–Kier alpha value is -0.550. The first-order valence-corrected chi connectivity index (χ1v) is 7.63. The molecule has 2 atom stereocenters. The molecule has 0 bridgehead atoms. The van der Waals surface area contributed by atoms with Crippen LogP contribution in [0.5, 0.6) is 0 Å². The number of nitrogens with one attached hydrogen (secondary N) is 1. The Balaban J connectivity index is 2.48. The van der Waals surface area contributed by atoms with E-state index in [2.05, 4.69) is 35.8 Å². The van der Waals surface area contributed by atoms with Crippen LogP contribution in [0.15, 0.2) is 30.3 Å². The third-order valence-electron chi connectivity index (χ3n) is 2.71. The molecule has 102 valence electrons. The second kappa shape index (κ2) is 8.53. The van der Waals surface area contributed by atoms with Gasteiger partial charge in [0.1, 0.15) is 0 Å². The Bertz CT molecular complexity index is 319. The van der Waals surface area contributed by atoms with Gasteiger partial charge in [-0.2, -0.15) is 11.8 Å². The van der Waals surface area contributed by atoms with Crippen molar-refractivity contribution in [2.24, 2.45) is 0 Å². The third kappa shape index (κ3) is 5.87. The van der Waals surface area contributed by atoms with E-state index in [1.54, 1.807) is 0 Å². The van der Waals surface area contributed by atoms with Crippen molar-refractivity contribution in [3.63, 3.8) is 0 Å². The fraction of sp³-hybridized carbons (Fsp3) is 0.571.